The molecule has 0 aromatic heterocycles. The van der Waals surface area contributed by atoms with Crippen LogP contribution in [0.5, 0.6) is 0 Å². The normalized spacial score (nSPS) is 37.4. The number of aliphatic hydroxyl groups excluding tert-OH is 1. The zero-order valence-electron chi connectivity index (χ0n) is 22.9. The quantitative estimate of drug-likeness (QED) is 0.214. The summed E-state index contributed by atoms with van der Waals surface area (Å²) >= 11 is 0. The van der Waals surface area contributed by atoms with Crippen LogP contribution >= 0.6 is 0 Å². The molecular formula is C29H44O7. The van der Waals surface area contributed by atoms with Crippen LogP contribution in [-0.2, 0) is 28.5 Å². The lowest BCUT2D eigenvalue weighted by atomic mass is 9.81. The minimum atomic E-state index is -0.656. The second-order valence-corrected chi connectivity index (χ2v) is 11.6. The Hall–Kier alpha value is -1.80. The summed E-state index contributed by atoms with van der Waals surface area (Å²) in [6, 6.07) is 0. The van der Waals surface area contributed by atoms with Gasteiger partial charge in [-0.1, -0.05) is 30.7 Å². The Balaban J connectivity index is 1.49. The predicted octanol–water partition coefficient (Wildman–Crippen LogP) is 4.47. The van der Waals surface area contributed by atoms with Crippen molar-refractivity contribution >= 4 is 11.8 Å². The van der Waals surface area contributed by atoms with Crippen molar-refractivity contribution in [2.75, 3.05) is 6.61 Å². The fourth-order valence-corrected chi connectivity index (χ4v) is 5.48. The van der Waals surface area contributed by atoms with Crippen molar-refractivity contribution in [1.82, 2.24) is 0 Å². The Kier molecular flexibility index (Phi) is 9.36. The van der Waals surface area contributed by atoms with Gasteiger partial charge in [-0.25, -0.2) is 0 Å². The third-order valence-corrected chi connectivity index (χ3v) is 7.50. The monoisotopic (exact) mass is 504 g/mol. The predicted molar refractivity (Wildman–Crippen MR) is 137 cm³/mol. The topological polar surface area (TPSA) is 94.6 Å². The van der Waals surface area contributed by atoms with E-state index in [-0.39, 0.29) is 35.5 Å². The Bertz CT molecular complexity index is 882. The van der Waals surface area contributed by atoms with E-state index in [0.717, 1.165) is 18.4 Å². The van der Waals surface area contributed by atoms with Crippen LogP contribution in [0.25, 0.3) is 0 Å². The Morgan fingerprint density at radius 3 is 2.53 bits per heavy atom. The van der Waals surface area contributed by atoms with Crippen molar-refractivity contribution in [3.63, 3.8) is 0 Å². The number of carbonyl (C=O) groups excluding carboxylic acids is 2. The molecule has 3 aliphatic rings. The highest BCUT2D eigenvalue weighted by atomic mass is 16.6. The molecule has 0 saturated carbocycles. The van der Waals surface area contributed by atoms with Gasteiger partial charge < -0.3 is 24.1 Å². The molecule has 1 spiro atoms. The van der Waals surface area contributed by atoms with Gasteiger partial charge in [-0.15, -0.1) is 0 Å². The number of ether oxygens (including phenoxy) is 4. The van der Waals surface area contributed by atoms with Crippen molar-refractivity contribution in [2.45, 2.75) is 116 Å². The molecule has 0 aromatic carbocycles. The maximum Gasteiger partial charge on any atom is 0.303 e. The molecule has 0 bridgehead atoms. The summed E-state index contributed by atoms with van der Waals surface area (Å²) in [5, 5.41) is 10.7. The number of rotatable bonds is 9. The molecule has 3 saturated heterocycles. The molecule has 3 rings (SSSR count). The highest BCUT2D eigenvalue weighted by Gasteiger charge is 2.60. The van der Waals surface area contributed by atoms with Gasteiger partial charge in [0.25, 0.3) is 0 Å². The zero-order chi connectivity index (χ0) is 26.7. The van der Waals surface area contributed by atoms with E-state index in [2.05, 4.69) is 13.0 Å². The van der Waals surface area contributed by atoms with Gasteiger partial charge >= 0.3 is 5.97 Å². The van der Waals surface area contributed by atoms with Gasteiger partial charge in [0.1, 0.15) is 23.9 Å². The van der Waals surface area contributed by atoms with E-state index in [4.69, 9.17) is 18.9 Å². The van der Waals surface area contributed by atoms with Crippen molar-refractivity contribution in [1.29, 1.82) is 0 Å². The molecule has 0 aliphatic carbocycles. The summed E-state index contributed by atoms with van der Waals surface area (Å²) in [5.74, 6) is 0.146. The van der Waals surface area contributed by atoms with Crippen LogP contribution in [0.15, 0.2) is 36.0 Å². The van der Waals surface area contributed by atoms with Gasteiger partial charge in [-0.2, -0.15) is 0 Å². The van der Waals surface area contributed by atoms with Gasteiger partial charge in [0, 0.05) is 19.8 Å². The number of carbonyl (C=O) groups is 2. The SMILES string of the molecule is CC(=O)O[C@@H](C)/C=C\C(=O)C[C@@H]1C[C@H](C)[C@H](C/C=C(C)/C=C/[C@H]2OC(C)(C)C[C@]3(CO3)[C@H]2O)O[C@@H]1C. The van der Waals surface area contributed by atoms with Crippen LogP contribution in [-0.4, -0.2) is 65.2 Å². The first kappa shape index (κ1) is 28.8. The van der Waals surface area contributed by atoms with E-state index < -0.39 is 23.9 Å². The highest BCUT2D eigenvalue weighted by molar-refractivity contribution is 5.89. The third-order valence-electron chi connectivity index (χ3n) is 7.50. The first-order chi connectivity index (χ1) is 16.8. The average molecular weight is 505 g/mol. The Labute approximate surface area is 215 Å². The molecule has 0 unspecified atom stereocenters. The highest BCUT2D eigenvalue weighted by Crippen LogP contribution is 2.46. The number of allylic oxidation sites excluding steroid dienone is 3. The molecule has 0 amide bonds. The summed E-state index contributed by atoms with van der Waals surface area (Å²) in [7, 11) is 0. The van der Waals surface area contributed by atoms with Crippen LogP contribution in [0.2, 0.25) is 0 Å². The third kappa shape index (κ3) is 7.85. The van der Waals surface area contributed by atoms with E-state index in [0.29, 0.717) is 25.4 Å². The number of aliphatic hydroxyl groups is 1. The van der Waals surface area contributed by atoms with Crippen LogP contribution < -0.4 is 0 Å². The molecule has 202 valence electrons. The Morgan fingerprint density at radius 1 is 1.19 bits per heavy atom. The number of hydrogen-bond acceptors (Lipinski definition) is 7. The number of epoxide rings is 1. The molecular weight excluding hydrogens is 460 g/mol. The van der Waals surface area contributed by atoms with Crippen molar-refractivity contribution in [3.05, 3.63) is 36.0 Å². The standard InChI is InChI=1S/C29H44O7/c1-18(9-13-26-27(32)29(17-33-29)16-28(6,7)36-26)8-12-25-19(2)14-23(21(4)35-25)15-24(31)11-10-20(3)34-22(5)30/h8-11,13,19-21,23,25-27,32H,12,14-17H2,1-7H3/b11-10-,13-9+,18-8+/t19-,20-,21+,23-,25-,26+,27-,29-/m0/s1. The largest absolute Gasteiger partial charge is 0.459 e. The zero-order valence-corrected chi connectivity index (χ0v) is 22.9. The van der Waals surface area contributed by atoms with Crippen molar-refractivity contribution in [3.8, 4) is 0 Å². The molecule has 3 aliphatic heterocycles. The van der Waals surface area contributed by atoms with E-state index in [1.807, 2.05) is 39.8 Å². The fraction of sp³-hybridized carbons (Fsp3) is 0.724. The molecule has 36 heavy (non-hydrogen) atoms. The van der Waals surface area contributed by atoms with Crippen LogP contribution in [0.1, 0.15) is 74.1 Å². The van der Waals surface area contributed by atoms with Crippen LogP contribution in [0.4, 0.5) is 0 Å². The summed E-state index contributed by atoms with van der Waals surface area (Å²) in [6.45, 7) is 14.0. The van der Waals surface area contributed by atoms with E-state index in [1.54, 1.807) is 13.0 Å². The first-order valence-corrected chi connectivity index (χ1v) is 13.2. The smallest absolute Gasteiger partial charge is 0.303 e. The fourth-order valence-electron chi connectivity index (χ4n) is 5.48. The summed E-state index contributed by atoms with van der Waals surface area (Å²) in [6.07, 6.45) is 10.7. The lowest BCUT2D eigenvalue weighted by molar-refractivity contribution is -0.171. The van der Waals surface area contributed by atoms with Crippen LogP contribution in [0, 0.1) is 11.8 Å². The van der Waals surface area contributed by atoms with Gasteiger partial charge in [0.05, 0.1) is 24.4 Å². The van der Waals surface area contributed by atoms with Crippen molar-refractivity contribution in [2.24, 2.45) is 11.8 Å². The van der Waals surface area contributed by atoms with Gasteiger partial charge in [0.15, 0.2) is 5.78 Å². The molecule has 3 heterocycles. The molecule has 7 nitrogen and oxygen atoms in total. The molecule has 3 fully saturated rings. The lowest BCUT2D eigenvalue weighted by Gasteiger charge is -2.41. The van der Waals surface area contributed by atoms with Gasteiger partial charge in [-0.05, 0) is 71.4 Å². The molecule has 1 N–H and O–H groups in total. The molecule has 0 aromatic rings. The molecule has 0 radical (unpaired) electrons. The number of ketones is 1. The number of hydrogen-bond donors (Lipinski definition) is 1. The summed E-state index contributed by atoms with van der Waals surface area (Å²) in [5.41, 5.74) is 0.301. The minimum absolute atomic E-state index is 0.0126. The lowest BCUT2D eigenvalue weighted by Crippen LogP contribution is -2.53. The van der Waals surface area contributed by atoms with E-state index in [9.17, 15) is 14.7 Å². The minimum Gasteiger partial charge on any atom is -0.459 e. The summed E-state index contributed by atoms with van der Waals surface area (Å²) < 4.78 is 23.1. The average Bonchev–Trinajstić information content (AvgIpc) is 3.54. The maximum atomic E-state index is 12.4. The molecule has 7 heteroatoms. The van der Waals surface area contributed by atoms with Crippen LogP contribution in [0.3, 0.4) is 0 Å². The second kappa shape index (κ2) is 11.7. The van der Waals surface area contributed by atoms with Crippen molar-refractivity contribution < 1.29 is 33.6 Å². The van der Waals surface area contributed by atoms with E-state index >= 15 is 0 Å². The first-order valence-electron chi connectivity index (χ1n) is 13.2. The Morgan fingerprint density at radius 2 is 1.89 bits per heavy atom. The van der Waals surface area contributed by atoms with E-state index in [1.165, 1.54) is 13.0 Å². The van der Waals surface area contributed by atoms with Gasteiger partial charge in [-0.3, -0.25) is 9.59 Å². The second-order valence-electron chi connectivity index (χ2n) is 11.6. The van der Waals surface area contributed by atoms with Gasteiger partial charge in [0.2, 0.25) is 0 Å². The summed E-state index contributed by atoms with van der Waals surface area (Å²) in [4.78, 5) is 23.4. The number of esters is 1. The maximum absolute atomic E-state index is 12.4. The molecule has 8 atom stereocenters.